The number of rotatable bonds is 2. The smallest absolute Gasteiger partial charge is 0.234 e. The fourth-order valence-electron chi connectivity index (χ4n) is 1.28. The van der Waals surface area contributed by atoms with Gasteiger partial charge >= 0.3 is 0 Å². The summed E-state index contributed by atoms with van der Waals surface area (Å²) in [6.07, 6.45) is 4.27. The molecular weight excluding hydrogens is 190 g/mol. The summed E-state index contributed by atoms with van der Waals surface area (Å²) in [6.45, 7) is 1.87. The molecule has 13 heavy (non-hydrogen) atoms. The Kier molecular flexibility index (Phi) is 2.61. The van der Waals surface area contributed by atoms with E-state index in [0.29, 0.717) is 11.0 Å². The SMILES string of the molecule is Clc1cncc(O[C@H]2CCNC2)n1. The highest BCUT2D eigenvalue weighted by Gasteiger charge is 2.16. The second-order valence-corrected chi connectivity index (χ2v) is 3.30. The van der Waals surface area contributed by atoms with Crippen molar-refractivity contribution in [1.29, 1.82) is 0 Å². The van der Waals surface area contributed by atoms with Crippen molar-refractivity contribution in [3.05, 3.63) is 17.5 Å². The highest BCUT2D eigenvalue weighted by molar-refractivity contribution is 6.29. The molecule has 0 spiro atoms. The number of ether oxygens (including phenoxy) is 1. The fourth-order valence-corrected chi connectivity index (χ4v) is 1.42. The van der Waals surface area contributed by atoms with Crippen LogP contribution in [0.1, 0.15) is 6.42 Å². The minimum absolute atomic E-state index is 0.202. The van der Waals surface area contributed by atoms with Crippen LogP contribution >= 0.6 is 11.6 Å². The highest BCUT2D eigenvalue weighted by Crippen LogP contribution is 2.13. The summed E-state index contributed by atoms with van der Waals surface area (Å²) < 4.78 is 5.54. The van der Waals surface area contributed by atoms with Gasteiger partial charge in [-0.25, -0.2) is 0 Å². The molecule has 1 aliphatic rings. The molecule has 4 nitrogen and oxygen atoms in total. The van der Waals surface area contributed by atoms with Gasteiger partial charge in [0.1, 0.15) is 6.10 Å². The number of nitrogens with zero attached hydrogens (tertiary/aromatic N) is 2. The van der Waals surface area contributed by atoms with Gasteiger partial charge in [-0.3, -0.25) is 4.98 Å². The lowest BCUT2D eigenvalue weighted by molar-refractivity contribution is 0.213. The topological polar surface area (TPSA) is 47.0 Å². The number of hydrogen-bond donors (Lipinski definition) is 1. The van der Waals surface area contributed by atoms with E-state index in [1.807, 2.05) is 0 Å². The molecule has 0 radical (unpaired) electrons. The Labute approximate surface area is 81.3 Å². The van der Waals surface area contributed by atoms with Gasteiger partial charge in [0.05, 0.1) is 12.4 Å². The van der Waals surface area contributed by atoms with Gasteiger partial charge in [0.15, 0.2) is 5.15 Å². The van der Waals surface area contributed by atoms with Crippen LogP contribution in [0.15, 0.2) is 12.4 Å². The van der Waals surface area contributed by atoms with Crippen LogP contribution in [0, 0.1) is 0 Å². The van der Waals surface area contributed by atoms with Crippen LogP contribution in [0.2, 0.25) is 5.15 Å². The molecule has 2 heterocycles. The molecule has 0 bridgehead atoms. The van der Waals surface area contributed by atoms with Crippen molar-refractivity contribution < 1.29 is 4.74 Å². The highest BCUT2D eigenvalue weighted by atomic mass is 35.5. The molecule has 2 rings (SSSR count). The lowest BCUT2D eigenvalue weighted by Crippen LogP contribution is -2.20. The average Bonchev–Trinajstić information content (AvgIpc) is 2.57. The maximum Gasteiger partial charge on any atom is 0.234 e. The Balaban J connectivity index is 2.00. The number of nitrogens with one attached hydrogen (secondary N) is 1. The van der Waals surface area contributed by atoms with Crippen LogP contribution in [0.25, 0.3) is 0 Å². The predicted octanol–water partition coefficient (Wildman–Crippen LogP) is 0.871. The second kappa shape index (κ2) is 3.89. The largest absolute Gasteiger partial charge is 0.472 e. The summed E-state index contributed by atoms with van der Waals surface area (Å²) >= 11 is 5.66. The lowest BCUT2D eigenvalue weighted by atomic mass is 10.3. The molecule has 5 heteroatoms. The molecule has 1 aromatic rings. The molecule has 0 amide bonds. The summed E-state index contributed by atoms with van der Waals surface area (Å²) in [6, 6.07) is 0. The molecule has 1 N–H and O–H groups in total. The molecule has 0 unspecified atom stereocenters. The summed E-state index contributed by atoms with van der Waals surface area (Å²) in [5.74, 6) is 0.501. The Morgan fingerprint density at radius 1 is 1.54 bits per heavy atom. The van der Waals surface area contributed by atoms with Gasteiger partial charge in [0.2, 0.25) is 5.88 Å². The molecule has 0 aromatic carbocycles. The maximum absolute atomic E-state index is 5.66. The normalized spacial score (nSPS) is 21.8. The molecule has 1 saturated heterocycles. The van der Waals surface area contributed by atoms with E-state index in [-0.39, 0.29) is 6.10 Å². The van der Waals surface area contributed by atoms with Crippen LogP contribution in [-0.4, -0.2) is 29.2 Å². The van der Waals surface area contributed by atoms with Crippen LogP contribution in [0.3, 0.4) is 0 Å². The van der Waals surface area contributed by atoms with Crippen LogP contribution < -0.4 is 10.1 Å². The van der Waals surface area contributed by atoms with E-state index in [1.165, 1.54) is 6.20 Å². The minimum atomic E-state index is 0.202. The Morgan fingerprint density at radius 2 is 2.46 bits per heavy atom. The van der Waals surface area contributed by atoms with E-state index >= 15 is 0 Å². The summed E-state index contributed by atoms with van der Waals surface area (Å²) in [4.78, 5) is 7.88. The van der Waals surface area contributed by atoms with E-state index in [9.17, 15) is 0 Å². The first-order valence-corrected chi connectivity index (χ1v) is 4.57. The third kappa shape index (κ3) is 2.29. The van der Waals surface area contributed by atoms with Gasteiger partial charge in [0, 0.05) is 6.54 Å². The Bertz CT molecular complexity index is 288. The maximum atomic E-state index is 5.66. The van der Waals surface area contributed by atoms with Crippen molar-refractivity contribution in [2.45, 2.75) is 12.5 Å². The molecule has 0 saturated carbocycles. The third-order valence-corrected chi connectivity index (χ3v) is 2.07. The minimum Gasteiger partial charge on any atom is -0.472 e. The van der Waals surface area contributed by atoms with Gasteiger partial charge in [-0.05, 0) is 13.0 Å². The second-order valence-electron chi connectivity index (χ2n) is 2.91. The van der Waals surface area contributed by atoms with E-state index in [1.54, 1.807) is 6.20 Å². The zero-order valence-electron chi connectivity index (χ0n) is 7.03. The molecular formula is C8H10ClN3O. The van der Waals surface area contributed by atoms with E-state index in [2.05, 4.69) is 15.3 Å². The van der Waals surface area contributed by atoms with Crippen molar-refractivity contribution >= 4 is 11.6 Å². The van der Waals surface area contributed by atoms with Gasteiger partial charge in [-0.15, -0.1) is 0 Å². The van der Waals surface area contributed by atoms with Crippen LogP contribution in [0.5, 0.6) is 5.88 Å². The molecule has 1 fully saturated rings. The van der Waals surface area contributed by atoms with Crippen molar-refractivity contribution in [2.24, 2.45) is 0 Å². The van der Waals surface area contributed by atoms with Gasteiger partial charge in [-0.2, -0.15) is 4.98 Å². The van der Waals surface area contributed by atoms with Crippen LogP contribution in [-0.2, 0) is 0 Å². The molecule has 1 atom stereocenters. The lowest BCUT2D eigenvalue weighted by Gasteiger charge is -2.10. The van der Waals surface area contributed by atoms with E-state index < -0.39 is 0 Å². The zero-order valence-corrected chi connectivity index (χ0v) is 7.79. The van der Waals surface area contributed by atoms with Crippen molar-refractivity contribution in [1.82, 2.24) is 15.3 Å². The number of halogens is 1. The fraction of sp³-hybridized carbons (Fsp3) is 0.500. The molecule has 1 aliphatic heterocycles. The quantitative estimate of drug-likeness (QED) is 0.768. The van der Waals surface area contributed by atoms with Crippen molar-refractivity contribution in [3.63, 3.8) is 0 Å². The molecule has 1 aromatic heterocycles. The molecule has 70 valence electrons. The van der Waals surface area contributed by atoms with Gasteiger partial charge in [0.25, 0.3) is 0 Å². The van der Waals surface area contributed by atoms with Gasteiger partial charge in [-0.1, -0.05) is 11.6 Å². The first-order valence-electron chi connectivity index (χ1n) is 4.19. The van der Waals surface area contributed by atoms with E-state index in [4.69, 9.17) is 16.3 Å². The Hall–Kier alpha value is -0.870. The zero-order chi connectivity index (χ0) is 9.10. The number of aromatic nitrogens is 2. The average molecular weight is 200 g/mol. The van der Waals surface area contributed by atoms with Crippen LogP contribution in [0.4, 0.5) is 0 Å². The first-order chi connectivity index (χ1) is 6.34. The summed E-state index contributed by atoms with van der Waals surface area (Å²) in [7, 11) is 0. The van der Waals surface area contributed by atoms with Gasteiger partial charge < -0.3 is 10.1 Å². The number of hydrogen-bond acceptors (Lipinski definition) is 4. The van der Waals surface area contributed by atoms with E-state index in [0.717, 1.165) is 19.5 Å². The standard InChI is InChI=1S/C8H10ClN3O/c9-7-4-11-5-8(12-7)13-6-1-2-10-3-6/h4-6,10H,1-3H2/t6-/m0/s1. The monoisotopic (exact) mass is 199 g/mol. The first kappa shape index (κ1) is 8.72. The summed E-state index contributed by atoms with van der Waals surface area (Å²) in [5.41, 5.74) is 0. The molecule has 0 aliphatic carbocycles. The Morgan fingerprint density at radius 3 is 3.15 bits per heavy atom. The third-order valence-electron chi connectivity index (χ3n) is 1.89. The van der Waals surface area contributed by atoms with Crippen molar-refractivity contribution in [2.75, 3.05) is 13.1 Å². The predicted molar refractivity (Wildman–Crippen MR) is 48.9 cm³/mol. The summed E-state index contributed by atoms with van der Waals surface area (Å²) in [5, 5.41) is 3.57. The van der Waals surface area contributed by atoms with Crippen molar-refractivity contribution in [3.8, 4) is 5.88 Å².